The summed E-state index contributed by atoms with van der Waals surface area (Å²) in [6.07, 6.45) is 7.95. The van der Waals surface area contributed by atoms with Gasteiger partial charge >= 0.3 is 0 Å². The highest BCUT2D eigenvalue weighted by molar-refractivity contribution is 5.77. The molecule has 0 saturated carbocycles. The molecule has 2 aromatic heterocycles. The minimum atomic E-state index is 0.298. The summed E-state index contributed by atoms with van der Waals surface area (Å²) in [5.74, 6) is 1.00. The minimum Gasteiger partial charge on any atom is -0.378 e. The topological polar surface area (TPSA) is 43.6 Å². The number of rotatable bonds is 3. The fourth-order valence-corrected chi connectivity index (χ4v) is 2.31. The molecule has 0 bridgehead atoms. The first-order valence-electron chi connectivity index (χ1n) is 5.89. The van der Waals surface area contributed by atoms with Gasteiger partial charge in [0.2, 0.25) is 0 Å². The molecule has 1 fully saturated rings. The van der Waals surface area contributed by atoms with Crippen LogP contribution in [-0.2, 0) is 11.2 Å². The lowest BCUT2D eigenvalue weighted by atomic mass is 10.2. The molecule has 4 heteroatoms. The second kappa shape index (κ2) is 4.30. The molecule has 0 radical (unpaired) electrons. The number of fused-ring (bicyclic) bond motifs is 1. The second-order valence-corrected chi connectivity index (χ2v) is 4.39. The maximum atomic E-state index is 10.7. The van der Waals surface area contributed by atoms with Gasteiger partial charge < -0.3 is 9.14 Å². The lowest BCUT2D eigenvalue weighted by Crippen LogP contribution is -2.11. The van der Waals surface area contributed by atoms with Crippen molar-refractivity contribution in [1.29, 1.82) is 0 Å². The highest BCUT2D eigenvalue weighted by Gasteiger charge is 2.18. The van der Waals surface area contributed by atoms with Gasteiger partial charge in [0.15, 0.2) is 0 Å². The Bertz CT molecular complexity index is 541. The Hall–Kier alpha value is -1.68. The maximum Gasteiger partial charge on any atom is 0.150 e. The van der Waals surface area contributed by atoms with Gasteiger partial charge in [-0.25, -0.2) is 4.98 Å². The lowest BCUT2D eigenvalue weighted by molar-refractivity contribution is 0.109. The summed E-state index contributed by atoms with van der Waals surface area (Å²) in [5.41, 5.74) is 1.64. The van der Waals surface area contributed by atoms with Gasteiger partial charge in [-0.15, -0.1) is 0 Å². The van der Waals surface area contributed by atoms with Crippen molar-refractivity contribution in [2.24, 2.45) is 0 Å². The zero-order chi connectivity index (χ0) is 11.7. The predicted octanol–water partition coefficient (Wildman–Crippen LogP) is 1.87. The number of ether oxygens (including phenoxy) is 1. The monoisotopic (exact) mass is 230 g/mol. The van der Waals surface area contributed by atoms with Gasteiger partial charge in [-0.2, -0.15) is 0 Å². The molecule has 17 heavy (non-hydrogen) atoms. The van der Waals surface area contributed by atoms with E-state index in [1.807, 2.05) is 16.7 Å². The van der Waals surface area contributed by atoms with E-state index in [0.29, 0.717) is 11.7 Å². The van der Waals surface area contributed by atoms with Crippen LogP contribution in [0, 0.1) is 0 Å². The highest BCUT2D eigenvalue weighted by Crippen LogP contribution is 2.17. The van der Waals surface area contributed by atoms with Gasteiger partial charge in [-0.05, 0) is 25.0 Å². The van der Waals surface area contributed by atoms with Crippen LogP contribution in [0.3, 0.4) is 0 Å². The Morgan fingerprint density at radius 3 is 3.29 bits per heavy atom. The minimum absolute atomic E-state index is 0.298. The van der Waals surface area contributed by atoms with Crippen molar-refractivity contribution in [1.82, 2.24) is 9.38 Å². The lowest BCUT2D eigenvalue weighted by Gasteiger charge is -2.08. The number of carbonyl (C=O) groups excluding carboxylic acids is 1. The third kappa shape index (κ3) is 1.96. The Balaban J connectivity index is 1.91. The molecule has 1 saturated heterocycles. The van der Waals surface area contributed by atoms with Crippen molar-refractivity contribution in [3.05, 3.63) is 35.9 Å². The van der Waals surface area contributed by atoms with Gasteiger partial charge in [-0.3, -0.25) is 4.79 Å². The summed E-state index contributed by atoms with van der Waals surface area (Å²) in [6.45, 7) is 0.864. The number of nitrogens with zero attached hydrogens (tertiary/aromatic N) is 2. The summed E-state index contributed by atoms with van der Waals surface area (Å²) in [5, 5.41) is 0. The number of imidazole rings is 1. The molecule has 1 aliphatic heterocycles. The average Bonchev–Trinajstić information content (AvgIpc) is 2.99. The number of carbonyl (C=O) groups is 1. The first kappa shape index (κ1) is 10.5. The maximum absolute atomic E-state index is 10.7. The van der Waals surface area contributed by atoms with Crippen LogP contribution in [0.2, 0.25) is 0 Å². The van der Waals surface area contributed by atoms with Gasteiger partial charge in [0.25, 0.3) is 0 Å². The van der Waals surface area contributed by atoms with Crippen molar-refractivity contribution in [2.75, 3.05) is 6.61 Å². The Morgan fingerprint density at radius 1 is 1.59 bits per heavy atom. The van der Waals surface area contributed by atoms with E-state index in [0.717, 1.165) is 43.5 Å². The van der Waals surface area contributed by atoms with E-state index in [-0.39, 0.29) is 0 Å². The van der Waals surface area contributed by atoms with Crippen molar-refractivity contribution in [3.63, 3.8) is 0 Å². The van der Waals surface area contributed by atoms with E-state index in [1.165, 1.54) is 0 Å². The van der Waals surface area contributed by atoms with Crippen LogP contribution in [-0.4, -0.2) is 28.4 Å². The molecule has 4 nitrogen and oxygen atoms in total. The fourth-order valence-electron chi connectivity index (χ4n) is 2.31. The smallest absolute Gasteiger partial charge is 0.150 e. The van der Waals surface area contributed by atoms with Gasteiger partial charge in [0, 0.05) is 24.8 Å². The molecular weight excluding hydrogens is 216 g/mol. The Morgan fingerprint density at radius 2 is 2.53 bits per heavy atom. The van der Waals surface area contributed by atoms with E-state index in [4.69, 9.17) is 4.74 Å². The molecule has 1 unspecified atom stereocenters. The number of hydrogen-bond acceptors (Lipinski definition) is 3. The number of hydrogen-bond donors (Lipinski definition) is 0. The number of aldehydes is 1. The van der Waals surface area contributed by atoms with Gasteiger partial charge in [0.05, 0.1) is 17.8 Å². The molecular formula is C13H14N2O2. The van der Waals surface area contributed by atoms with Crippen molar-refractivity contribution in [2.45, 2.75) is 25.4 Å². The van der Waals surface area contributed by atoms with E-state index >= 15 is 0 Å². The number of aromatic nitrogens is 2. The zero-order valence-corrected chi connectivity index (χ0v) is 9.50. The summed E-state index contributed by atoms with van der Waals surface area (Å²) < 4.78 is 7.63. The fraction of sp³-hybridized carbons (Fsp3) is 0.385. The highest BCUT2D eigenvalue weighted by atomic mass is 16.5. The molecule has 1 aliphatic rings. The van der Waals surface area contributed by atoms with Crippen LogP contribution in [0.4, 0.5) is 0 Å². The molecule has 2 aromatic rings. The van der Waals surface area contributed by atoms with Crippen LogP contribution < -0.4 is 0 Å². The quantitative estimate of drug-likeness (QED) is 0.756. The Kier molecular flexibility index (Phi) is 2.65. The molecule has 0 aliphatic carbocycles. The third-order valence-electron chi connectivity index (χ3n) is 3.20. The summed E-state index contributed by atoms with van der Waals surface area (Å²) in [4.78, 5) is 15.1. The van der Waals surface area contributed by atoms with Crippen molar-refractivity contribution in [3.8, 4) is 0 Å². The number of pyridine rings is 1. The van der Waals surface area contributed by atoms with E-state index in [1.54, 1.807) is 12.3 Å². The largest absolute Gasteiger partial charge is 0.378 e. The SMILES string of the molecule is O=Cc1ccn2c(CC3CCCO3)ncc2c1. The van der Waals surface area contributed by atoms with Crippen LogP contribution in [0.25, 0.3) is 5.52 Å². The van der Waals surface area contributed by atoms with Crippen LogP contribution in [0.5, 0.6) is 0 Å². The van der Waals surface area contributed by atoms with Crippen LogP contribution in [0.15, 0.2) is 24.5 Å². The normalized spacial score (nSPS) is 19.9. The molecule has 3 heterocycles. The average molecular weight is 230 g/mol. The summed E-state index contributed by atoms with van der Waals surface area (Å²) in [6, 6.07) is 3.65. The van der Waals surface area contributed by atoms with E-state index in [9.17, 15) is 4.79 Å². The first-order valence-corrected chi connectivity index (χ1v) is 5.89. The Labute approximate surface area is 99.2 Å². The second-order valence-electron chi connectivity index (χ2n) is 4.39. The zero-order valence-electron chi connectivity index (χ0n) is 9.50. The van der Waals surface area contributed by atoms with Gasteiger partial charge in [-0.1, -0.05) is 0 Å². The molecule has 0 amide bonds. The predicted molar refractivity (Wildman–Crippen MR) is 63.3 cm³/mol. The molecule has 88 valence electrons. The van der Waals surface area contributed by atoms with Crippen LogP contribution in [0.1, 0.15) is 29.0 Å². The standard InChI is InChI=1S/C13H14N2O2/c16-9-10-3-4-15-11(6-10)8-14-13(15)7-12-2-1-5-17-12/h3-4,6,8-9,12H,1-2,5,7H2. The van der Waals surface area contributed by atoms with E-state index < -0.39 is 0 Å². The first-order chi connectivity index (χ1) is 8.36. The molecule has 3 rings (SSSR count). The van der Waals surface area contributed by atoms with Gasteiger partial charge in [0.1, 0.15) is 12.1 Å². The molecule has 0 N–H and O–H groups in total. The van der Waals surface area contributed by atoms with E-state index in [2.05, 4.69) is 4.98 Å². The summed E-state index contributed by atoms with van der Waals surface area (Å²) >= 11 is 0. The summed E-state index contributed by atoms with van der Waals surface area (Å²) in [7, 11) is 0. The van der Waals surface area contributed by atoms with Crippen molar-refractivity contribution >= 4 is 11.8 Å². The molecule has 0 spiro atoms. The molecule has 1 atom stereocenters. The van der Waals surface area contributed by atoms with Crippen molar-refractivity contribution < 1.29 is 9.53 Å². The molecule has 0 aromatic carbocycles. The third-order valence-corrected chi connectivity index (χ3v) is 3.20. The van der Waals surface area contributed by atoms with Crippen LogP contribution >= 0.6 is 0 Å².